The van der Waals surface area contributed by atoms with E-state index < -0.39 is 0 Å². The van der Waals surface area contributed by atoms with Gasteiger partial charge in [0.05, 0.1) is 0 Å². The van der Waals surface area contributed by atoms with E-state index in [4.69, 9.17) is 0 Å². The molecule has 4 heteroatoms. The molecule has 0 bridgehead atoms. The van der Waals surface area contributed by atoms with Gasteiger partial charge in [-0.25, -0.2) is 10.4 Å². The van der Waals surface area contributed by atoms with Gasteiger partial charge in [-0.2, -0.15) is 0 Å². The third-order valence-corrected chi connectivity index (χ3v) is 2.43. The Balaban J connectivity index is 3.48. The van der Waals surface area contributed by atoms with E-state index in [1.54, 1.807) is 0 Å². The van der Waals surface area contributed by atoms with Crippen LogP contribution in [-0.4, -0.2) is 23.4 Å². The van der Waals surface area contributed by atoms with Crippen molar-refractivity contribution < 1.29 is 9.59 Å². The summed E-state index contributed by atoms with van der Waals surface area (Å²) in [7, 11) is 0. The van der Waals surface area contributed by atoms with Gasteiger partial charge in [0.25, 0.3) is 0 Å². The van der Waals surface area contributed by atoms with Crippen LogP contribution in [0, 0.1) is 0 Å². The zero-order chi connectivity index (χ0) is 12.4. The molecule has 0 aromatic heterocycles. The molecule has 0 aliphatic heterocycles. The molecule has 0 radical (unpaired) electrons. The highest BCUT2D eigenvalue weighted by atomic mass is 16.2. The Bertz CT molecular complexity index is 203. The van der Waals surface area contributed by atoms with Crippen LogP contribution >= 0.6 is 0 Å². The lowest BCUT2D eigenvalue weighted by molar-refractivity contribution is -0.145. The fourth-order valence-electron chi connectivity index (χ4n) is 1.54. The zero-order valence-electron chi connectivity index (χ0n) is 10.7. The van der Waals surface area contributed by atoms with Gasteiger partial charge in [-0.1, -0.05) is 39.0 Å². The normalized spacial score (nSPS) is 10.2. The van der Waals surface area contributed by atoms with Crippen LogP contribution in [0.25, 0.3) is 0 Å². The number of imide groups is 1. The van der Waals surface area contributed by atoms with Crippen molar-refractivity contribution in [1.29, 1.82) is 0 Å². The highest BCUT2D eigenvalue weighted by Crippen LogP contribution is 2.04. The minimum atomic E-state index is -0.251. The fourth-order valence-corrected chi connectivity index (χ4v) is 1.54. The zero-order valence-corrected chi connectivity index (χ0v) is 10.7. The Kier molecular flexibility index (Phi) is 8.81. The first kappa shape index (κ1) is 15.1. The van der Waals surface area contributed by atoms with Gasteiger partial charge in [-0.15, -0.1) is 0 Å². The molecule has 0 fully saturated rings. The summed E-state index contributed by atoms with van der Waals surface area (Å²) in [5.41, 5.74) is 2.84. The molecule has 0 atom stereocenters. The summed E-state index contributed by atoms with van der Waals surface area (Å²) in [6.07, 6.45) is 7.20. The van der Waals surface area contributed by atoms with E-state index in [0.29, 0.717) is 6.54 Å². The molecule has 0 spiro atoms. The fraction of sp³-hybridized carbons (Fsp3) is 0.833. The lowest BCUT2D eigenvalue weighted by Crippen LogP contribution is -2.45. The molecule has 1 N–H and O–H groups in total. The quantitative estimate of drug-likeness (QED) is 0.512. The summed E-state index contributed by atoms with van der Waals surface area (Å²) >= 11 is 0. The highest BCUT2D eigenvalue weighted by Gasteiger charge is 2.11. The first-order chi connectivity index (χ1) is 7.59. The molecule has 16 heavy (non-hydrogen) atoms. The average Bonchev–Trinajstić information content (AvgIpc) is 2.21. The van der Waals surface area contributed by atoms with Crippen LogP contribution in [0.1, 0.15) is 59.3 Å². The van der Waals surface area contributed by atoms with Crippen LogP contribution < -0.4 is 5.43 Å². The van der Waals surface area contributed by atoms with Crippen molar-refractivity contribution in [3.05, 3.63) is 0 Å². The number of amides is 2. The number of unbranched alkanes of at least 4 members (excludes halogenated alkanes) is 5. The van der Waals surface area contributed by atoms with E-state index in [2.05, 4.69) is 12.3 Å². The number of hydrazine groups is 1. The summed E-state index contributed by atoms with van der Waals surface area (Å²) in [5.74, 6) is -0.503. The van der Waals surface area contributed by atoms with Crippen molar-refractivity contribution in [3.8, 4) is 0 Å². The molecule has 0 aliphatic carbocycles. The van der Waals surface area contributed by atoms with E-state index in [9.17, 15) is 9.59 Å². The number of carbonyl (C=O) groups excluding carboxylic acids is 2. The van der Waals surface area contributed by atoms with E-state index in [0.717, 1.165) is 17.9 Å². The molecule has 0 rings (SSSR count). The maximum atomic E-state index is 11.0. The third kappa shape index (κ3) is 7.40. The first-order valence-electron chi connectivity index (χ1n) is 6.14. The second-order valence-corrected chi connectivity index (χ2v) is 4.05. The Hall–Kier alpha value is -0.900. The summed E-state index contributed by atoms with van der Waals surface area (Å²) in [6, 6.07) is 0. The van der Waals surface area contributed by atoms with Crippen LogP contribution in [-0.2, 0) is 9.59 Å². The third-order valence-electron chi connectivity index (χ3n) is 2.43. The number of rotatable bonds is 8. The van der Waals surface area contributed by atoms with E-state index in [1.165, 1.54) is 39.5 Å². The molecule has 4 nitrogen and oxygen atoms in total. The summed E-state index contributed by atoms with van der Waals surface area (Å²) in [6.45, 7) is 5.65. The predicted octanol–water partition coefficient (Wildman–Crippen LogP) is 2.25. The molecular formula is C12H24N2O2. The SMILES string of the molecule is CCCCCCCCNN(C(C)=O)C(C)=O. The molecule has 0 aromatic rings. The monoisotopic (exact) mass is 228 g/mol. The number of hydrogen-bond acceptors (Lipinski definition) is 3. The van der Waals surface area contributed by atoms with Crippen molar-refractivity contribution in [2.24, 2.45) is 0 Å². The highest BCUT2D eigenvalue weighted by molar-refractivity contribution is 5.92. The Morgan fingerprint density at radius 2 is 1.44 bits per heavy atom. The van der Waals surface area contributed by atoms with Gasteiger partial charge in [0, 0.05) is 20.4 Å². The molecule has 0 saturated heterocycles. The van der Waals surface area contributed by atoms with Gasteiger partial charge in [0.1, 0.15) is 0 Å². The van der Waals surface area contributed by atoms with Crippen LogP contribution in [0.4, 0.5) is 0 Å². The lowest BCUT2D eigenvalue weighted by Gasteiger charge is -2.17. The van der Waals surface area contributed by atoms with Gasteiger partial charge in [0.15, 0.2) is 0 Å². The molecule has 0 unspecified atom stereocenters. The topological polar surface area (TPSA) is 49.4 Å². The van der Waals surface area contributed by atoms with Crippen molar-refractivity contribution in [3.63, 3.8) is 0 Å². The number of nitrogens with one attached hydrogen (secondary N) is 1. The molecule has 0 heterocycles. The maximum Gasteiger partial charge on any atom is 0.240 e. The van der Waals surface area contributed by atoms with Crippen LogP contribution in [0.5, 0.6) is 0 Å². The smallest absolute Gasteiger partial charge is 0.240 e. The summed E-state index contributed by atoms with van der Waals surface area (Å²) in [4.78, 5) is 22.1. The second-order valence-electron chi connectivity index (χ2n) is 4.05. The summed E-state index contributed by atoms with van der Waals surface area (Å²) in [5, 5.41) is 1.08. The van der Waals surface area contributed by atoms with E-state index in [-0.39, 0.29) is 11.8 Å². The van der Waals surface area contributed by atoms with Crippen molar-refractivity contribution >= 4 is 11.8 Å². The standard InChI is InChI=1S/C12H24N2O2/c1-4-5-6-7-8-9-10-13-14(11(2)15)12(3)16/h13H,4-10H2,1-3H3. The van der Waals surface area contributed by atoms with Gasteiger partial charge >= 0.3 is 0 Å². The van der Waals surface area contributed by atoms with Crippen molar-refractivity contribution in [2.45, 2.75) is 59.3 Å². The Morgan fingerprint density at radius 1 is 0.938 bits per heavy atom. The van der Waals surface area contributed by atoms with E-state index in [1.807, 2.05) is 0 Å². The number of hydrogen-bond donors (Lipinski definition) is 1. The van der Waals surface area contributed by atoms with Gasteiger partial charge in [0.2, 0.25) is 11.8 Å². The van der Waals surface area contributed by atoms with Gasteiger partial charge in [-0.3, -0.25) is 9.59 Å². The predicted molar refractivity (Wildman–Crippen MR) is 64.6 cm³/mol. The maximum absolute atomic E-state index is 11.0. The summed E-state index contributed by atoms with van der Waals surface area (Å²) < 4.78 is 0. The molecule has 0 aliphatic rings. The molecule has 0 aromatic carbocycles. The van der Waals surface area contributed by atoms with Crippen LogP contribution in [0.15, 0.2) is 0 Å². The first-order valence-corrected chi connectivity index (χ1v) is 6.14. The Morgan fingerprint density at radius 3 is 1.94 bits per heavy atom. The van der Waals surface area contributed by atoms with Gasteiger partial charge in [-0.05, 0) is 6.42 Å². The minimum absolute atomic E-state index is 0.251. The minimum Gasteiger partial charge on any atom is -0.273 e. The largest absolute Gasteiger partial charge is 0.273 e. The number of nitrogens with zero attached hydrogens (tertiary/aromatic N) is 1. The number of carbonyl (C=O) groups is 2. The lowest BCUT2D eigenvalue weighted by atomic mass is 10.1. The molecular weight excluding hydrogens is 204 g/mol. The van der Waals surface area contributed by atoms with Crippen molar-refractivity contribution in [2.75, 3.05) is 6.54 Å². The van der Waals surface area contributed by atoms with E-state index >= 15 is 0 Å². The van der Waals surface area contributed by atoms with Crippen LogP contribution in [0.2, 0.25) is 0 Å². The average molecular weight is 228 g/mol. The van der Waals surface area contributed by atoms with Crippen LogP contribution in [0.3, 0.4) is 0 Å². The second kappa shape index (κ2) is 9.33. The molecule has 2 amide bonds. The molecule has 0 saturated carbocycles. The van der Waals surface area contributed by atoms with Gasteiger partial charge < -0.3 is 0 Å². The van der Waals surface area contributed by atoms with Crippen molar-refractivity contribution in [1.82, 2.24) is 10.4 Å². The molecule has 94 valence electrons. The Labute approximate surface area is 98.4 Å².